The quantitative estimate of drug-likeness (QED) is 0.878. The van der Waals surface area contributed by atoms with Crippen LogP contribution in [0.3, 0.4) is 0 Å². The smallest absolute Gasteiger partial charge is 0.416 e. The molecule has 18 heavy (non-hydrogen) atoms. The van der Waals surface area contributed by atoms with Crippen molar-refractivity contribution in [1.29, 1.82) is 0 Å². The third-order valence-electron chi connectivity index (χ3n) is 2.98. The Morgan fingerprint density at radius 1 is 1.28 bits per heavy atom. The van der Waals surface area contributed by atoms with E-state index in [1.54, 1.807) is 0 Å². The number of carboxylic acid groups (broad SMARTS) is 1. The van der Waals surface area contributed by atoms with E-state index in [0.29, 0.717) is 0 Å². The number of aliphatic carboxylic acids is 1. The molecule has 0 aromatic heterocycles. The largest absolute Gasteiger partial charge is 0.480 e. The summed E-state index contributed by atoms with van der Waals surface area (Å²) >= 11 is 0. The monoisotopic (exact) mass is 261 g/mol. The highest BCUT2D eigenvalue weighted by atomic mass is 19.4. The van der Waals surface area contributed by atoms with E-state index in [1.165, 1.54) is 26.0 Å². The number of benzene rings is 1. The van der Waals surface area contributed by atoms with E-state index in [4.69, 9.17) is 10.8 Å². The molecule has 1 aromatic rings. The van der Waals surface area contributed by atoms with Gasteiger partial charge < -0.3 is 10.8 Å². The minimum atomic E-state index is -4.46. The summed E-state index contributed by atoms with van der Waals surface area (Å²) < 4.78 is 37.7. The molecule has 3 N–H and O–H groups in total. The van der Waals surface area contributed by atoms with E-state index in [0.717, 1.165) is 12.1 Å². The predicted octanol–water partition coefficient (Wildman–Crippen LogP) is 2.39. The lowest BCUT2D eigenvalue weighted by Gasteiger charge is -2.29. The second kappa shape index (κ2) is 4.61. The molecule has 1 aromatic carbocycles. The van der Waals surface area contributed by atoms with Gasteiger partial charge in [-0.25, -0.2) is 0 Å². The third kappa shape index (κ3) is 2.81. The first-order valence-electron chi connectivity index (χ1n) is 5.23. The number of carbonyl (C=O) groups is 1. The molecule has 0 radical (unpaired) electrons. The minimum absolute atomic E-state index is 0.243. The lowest BCUT2D eigenvalue weighted by Crippen LogP contribution is -2.46. The molecule has 3 nitrogen and oxygen atoms in total. The molecule has 1 rings (SSSR count). The Balaban J connectivity index is 3.22. The molecule has 100 valence electrons. The molecule has 0 heterocycles. The van der Waals surface area contributed by atoms with E-state index in [1.807, 2.05) is 0 Å². The molecule has 1 unspecified atom stereocenters. The van der Waals surface area contributed by atoms with Crippen molar-refractivity contribution < 1.29 is 23.1 Å². The Labute approximate surface area is 102 Å². The Kier molecular flexibility index (Phi) is 3.71. The van der Waals surface area contributed by atoms with Crippen molar-refractivity contribution in [1.82, 2.24) is 0 Å². The number of rotatable bonds is 3. The fourth-order valence-electron chi connectivity index (χ4n) is 1.58. The van der Waals surface area contributed by atoms with Gasteiger partial charge in [0.1, 0.15) is 6.04 Å². The summed E-state index contributed by atoms with van der Waals surface area (Å²) in [4.78, 5) is 10.9. The van der Waals surface area contributed by atoms with Crippen LogP contribution in [0.1, 0.15) is 25.0 Å². The number of hydrogen-bond donors (Lipinski definition) is 2. The average Bonchev–Trinajstić information content (AvgIpc) is 2.27. The van der Waals surface area contributed by atoms with Crippen LogP contribution in [-0.4, -0.2) is 17.1 Å². The maximum absolute atomic E-state index is 12.6. The van der Waals surface area contributed by atoms with Crippen LogP contribution in [0.15, 0.2) is 24.3 Å². The molecule has 0 bridgehead atoms. The molecule has 0 aliphatic carbocycles. The van der Waals surface area contributed by atoms with Gasteiger partial charge in [0.05, 0.1) is 5.56 Å². The van der Waals surface area contributed by atoms with E-state index in [-0.39, 0.29) is 5.56 Å². The van der Waals surface area contributed by atoms with Gasteiger partial charge in [0.2, 0.25) is 0 Å². The second-order valence-corrected chi connectivity index (χ2v) is 4.62. The highest BCUT2D eigenvalue weighted by Crippen LogP contribution is 2.33. The number of alkyl halides is 3. The third-order valence-corrected chi connectivity index (χ3v) is 2.98. The fourth-order valence-corrected chi connectivity index (χ4v) is 1.58. The molecule has 0 saturated carbocycles. The number of halogens is 3. The second-order valence-electron chi connectivity index (χ2n) is 4.62. The highest BCUT2D eigenvalue weighted by molar-refractivity contribution is 5.75. The first-order chi connectivity index (χ1) is 8.06. The highest BCUT2D eigenvalue weighted by Gasteiger charge is 2.36. The van der Waals surface area contributed by atoms with Gasteiger partial charge in [-0.15, -0.1) is 0 Å². The molecule has 6 heteroatoms. The first kappa shape index (κ1) is 14.5. The molecular formula is C12H14F3NO2. The van der Waals surface area contributed by atoms with Crippen molar-refractivity contribution in [3.8, 4) is 0 Å². The zero-order valence-corrected chi connectivity index (χ0v) is 9.95. The lowest BCUT2D eigenvalue weighted by molar-refractivity contribution is -0.140. The van der Waals surface area contributed by atoms with Crippen LogP contribution < -0.4 is 5.73 Å². The van der Waals surface area contributed by atoms with Crippen molar-refractivity contribution >= 4 is 5.97 Å². The fraction of sp³-hybridized carbons (Fsp3) is 0.417. The molecule has 0 aliphatic heterocycles. The molecule has 0 spiro atoms. The maximum atomic E-state index is 12.6. The van der Waals surface area contributed by atoms with E-state index in [9.17, 15) is 18.0 Å². The number of hydrogen-bond acceptors (Lipinski definition) is 2. The van der Waals surface area contributed by atoms with Crippen molar-refractivity contribution in [2.75, 3.05) is 0 Å². The van der Waals surface area contributed by atoms with Crippen molar-refractivity contribution in [3.05, 3.63) is 35.4 Å². The summed E-state index contributed by atoms with van der Waals surface area (Å²) in [5.41, 5.74) is 3.84. The van der Waals surface area contributed by atoms with Gasteiger partial charge in [0.15, 0.2) is 0 Å². The number of carboxylic acids is 1. The average molecular weight is 261 g/mol. The maximum Gasteiger partial charge on any atom is 0.416 e. The Morgan fingerprint density at radius 3 is 2.22 bits per heavy atom. The zero-order valence-electron chi connectivity index (χ0n) is 9.95. The van der Waals surface area contributed by atoms with Crippen LogP contribution >= 0.6 is 0 Å². The summed E-state index contributed by atoms with van der Waals surface area (Å²) in [6, 6.07) is 3.28. The van der Waals surface area contributed by atoms with Gasteiger partial charge in [-0.3, -0.25) is 4.79 Å². The Morgan fingerprint density at radius 2 is 1.78 bits per heavy atom. The van der Waals surface area contributed by atoms with Crippen LogP contribution in [0, 0.1) is 0 Å². The summed E-state index contributed by atoms with van der Waals surface area (Å²) in [5, 5.41) is 8.86. The van der Waals surface area contributed by atoms with Crippen molar-refractivity contribution in [3.63, 3.8) is 0 Å². The van der Waals surface area contributed by atoms with E-state index in [2.05, 4.69) is 0 Å². The van der Waals surface area contributed by atoms with Crippen LogP contribution in [-0.2, 0) is 16.4 Å². The van der Waals surface area contributed by atoms with Gasteiger partial charge in [0.25, 0.3) is 0 Å². The number of nitrogens with two attached hydrogens (primary N) is 1. The van der Waals surface area contributed by atoms with Crippen LogP contribution in [0.4, 0.5) is 13.2 Å². The summed E-state index contributed by atoms with van der Waals surface area (Å²) in [6.07, 6.45) is -4.46. The SMILES string of the molecule is CC(C)(c1cccc(C(F)(F)F)c1)C(N)C(=O)O. The minimum Gasteiger partial charge on any atom is -0.480 e. The van der Waals surface area contributed by atoms with Gasteiger partial charge in [-0.2, -0.15) is 13.2 Å². The zero-order chi connectivity index (χ0) is 14.1. The van der Waals surface area contributed by atoms with Gasteiger partial charge in [-0.05, 0) is 11.6 Å². The topological polar surface area (TPSA) is 63.3 Å². The van der Waals surface area contributed by atoms with Gasteiger partial charge in [-0.1, -0.05) is 32.0 Å². The molecular weight excluding hydrogens is 247 g/mol. The van der Waals surface area contributed by atoms with Gasteiger partial charge >= 0.3 is 12.1 Å². The van der Waals surface area contributed by atoms with Crippen LogP contribution in [0.2, 0.25) is 0 Å². The molecule has 0 saturated heterocycles. The summed E-state index contributed by atoms with van der Waals surface area (Å²) in [5.74, 6) is -1.25. The molecule has 1 atom stereocenters. The molecule has 0 fully saturated rings. The van der Waals surface area contributed by atoms with Crippen molar-refractivity contribution in [2.24, 2.45) is 5.73 Å². The lowest BCUT2D eigenvalue weighted by atomic mass is 9.77. The summed E-state index contributed by atoms with van der Waals surface area (Å²) in [7, 11) is 0. The Bertz CT molecular complexity index is 455. The van der Waals surface area contributed by atoms with Crippen LogP contribution in [0.5, 0.6) is 0 Å². The summed E-state index contributed by atoms with van der Waals surface area (Å²) in [6.45, 7) is 3.00. The Hall–Kier alpha value is -1.56. The molecule has 0 aliphatic rings. The van der Waals surface area contributed by atoms with E-state index >= 15 is 0 Å². The van der Waals surface area contributed by atoms with E-state index < -0.39 is 29.2 Å². The normalized spacial score (nSPS) is 14.3. The first-order valence-corrected chi connectivity index (χ1v) is 5.23. The molecule has 0 amide bonds. The van der Waals surface area contributed by atoms with Crippen molar-refractivity contribution in [2.45, 2.75) is 31.5 Å². The van der Waals surface area contributed by atoms with Gasteiger partial charge in [0, 0.05) is 5.41 Å². The predicted molar refractivity (Wildman–Crippen MR) is 60.1 cm³/mol. The van der Waals surface area contributed by atoms with Crippen LogP contribution in [0.25, 0.3) is 0 Å². The standard InChI is InChI=1S/C12H14F3NO2/c1-11(2,9(16)10(17)18)7-4-3-5-8(6-7)12(13,14)15/h3-6,9H,16H2,1-2H3,(H,17,18).